The van der Waals surface area contributed by atoms with E-state index in [0.717, 1.165) is 18.5 Å². The number of unbranched alkanes of at least 4 members (excludes halogenated alkanes) is 3. The van der Waals surface area contributed by atoms with Gasteiger partial charge >= 0.3 is 0 Å². The molecule has 0 aromatic carbocycles. The van der Waals surface area contributed by atoms with Gasteiger partial charge in [0.05, 0.1) is 0 Å². The van der Waals surface area contributed by atoms with E-state index in [-0.39, 0.29) is 0 Å². The maximum absolute atomic E-state index is 3.72. The van der Waals surface area contributed by atoms with Crippen molar-refractivity contribution in [3.8, 4) is 0 Å². The minimum Gasteiger partial charge on any atom is -0.311 e. The first-order chi connectivity index (χ1) is 9.04. The minimum absolute atomic E-state index is 0.699. The molecule has 0 amide bonds. The molecule has 1 saturated heterocycles. The van der Waals surface area contributed by atoms with Crippen LogP contribution >= 0.6 is 0 Å². The predicted octanol–water partition coefficient (Wildman–Crippen LogP) is 4.05. The van der Waals surface area contributed by atoms with Crippen molar-refractivity contribution in [2.45, 2.75) is 91.3 Å². The molecule has 0 aromatic rings. The van der Waals surface area contributed by atoms with Crippen LogP contribution in [0.4, 0.5) is 0 Å². The molecule has 1 rings (SSSR count). The van der Waals surface area contributed by atoms with Gasteiger partial charge in [0.2, 0.25) is 0 Å². The van der Waals surface area contributed by atoms with Crippen molar-refractivity contribution < 1.29 is 0 Å². The third-order valence-corrected chi connectivity index (χ3v) is 4.50. The first kappa shape index (κ1) is 17.0. The molecule has 0 saturated carbocycles. The van der Waals surface area contributed by atoms with Crippen LogP contribution in [0, 0.1) is 5.92 Å². The molecule has 3 atom stereocenters. The van der Waals surface area contributed by atoms with E-state index >= 15 is 0 Å². The zero-order chi connectivity index (χ0) is 14.3. The highest BCUT2D eigenvalue weighted by molar-refractivity contribution is 4.87. The Labute approximate surface area is 121 Å². The lowest BCUT2D eigenvalue weighted by molar-refractivity contribution is 0.0869. The normalized spacial score (nSPS) is 26.8. The van der Waals surface area contributed by atoms with Gasteiger partial charge in [0.25, 0.3) is 0 Å². The van der Waals surface area contributed by atoms with Crippen molar-refractivity contribution in [3.63, 3.8) is 0 Å². The molecule has 1 heterocycles. The maximum atomic E-state index is 3.72. The van der Waals surface area contributed by atoms with Crippen molar-refractivity contribution in [3.05, 3.63) is 0 Å². The monoisotopic (exact) mass is 268 g/mol. The van der Waals surface area contributed by atoms with Crippen LogP contribution in [-0.2, 0) is 0 Å². The summed E-state index contributed by atoms with van der Waals surface area (Å²) in [5.41, 5.74) is 0. The van der Waals surface area contributed by atoms with E-state index in [1.165, 1.54) is 45.1 Å². The van der Waals surface area contributed by atoms with Crippen LogP contribution in [0.1, 0.15) is 73.1 Å². The average Bonchev–Trinajstić information content (AvgIpc) is 2.36. The number of rotatable bonds is 8. The molecule has 3 unspecified atom stereocenters. The Morgan fingerprint density at radius 3 is 2.53 bits per heavy atom. The van der Waals surface area contributed by atoms with E-state index in [1.807, 2.05) is 0 Å². The second-order valence-electron chi connectivity index (χ2n) is 6.98. The van der Waals surface area contributed by atoms with Crippen LogP contribution < -0.4 is 5.32 Å². The summed E-state index contributed by atoms with van der Waals surface area (Å²) in [6.45, 7) is 14.2. The van der Waals surface area contributed by atoms with E-state index in [2.05, 4.69) is 44.8 Å². The molecule has 0 aromatic heterocycles. The number of nitrogens with zero attached hydrogens (tertiary/aromatic N) is 1. The van der Waals surface area contributed by atoms with Gasteiger partial charge in [-0.3, -0.25) is 4.90 Å². The summed E-state index contributed by atoms with van der Waals surface area (Å²) in [7, 11) is 0. The highest BCUT2D eigenvalue weighted by atomic mass is 15.2. The first-order valence-electron chi connectivity index (χ1n) is 8.53. The van der Waals surface area contributed by atoms with E-state index in [4.69, 9.17) is 0 Å². The predicted molar refractivity (Wildman–Crippen MR) is 85.6 cm³/mol. The molecule has 2 heteroatoms. The second kappa shape index (κ2) is 8.97. The molecule has 1 aliphatic heterocycles. The summed E-state index contributed by atoms with van der Waals surface area (Å²) in [5.74, 6) is 0.799. The molecule has 0 radical (unpaired) electrons. The molecule has 1 N–H and O–H groups in total. The first-order valence-corrected chi connectivity index (χ1v) is 8.53. The Morgan fingerprint density at radius 1 is 1.16 bits per heavy atom. The van der Waals surface area contributed by atoms with Gasteiger partial charge in [-0.1, -0.05) is 46.5 Å². The zero-order valence-corrected chi connectivity index (χ0v) is 13.9. The molecule has 114 valence electrons. The number of hydrogen-bond acceptors (Lipinski definition) is 2. The van der Waals surface area contributed by atoms with Gasteiger partial charge in [-0.25, -0.2) is 0 Å². The van der Waals surface area contributed by atoms with Crippen molar-refractivity contribution in [2.75, 3.05) is 13.1 Å². The van der Waals surface area contributed by atoms with Crippen molar-refractivity contribution >= 4 is 0 Å². The van der Waals surface area contributed by atoms with Gasteiger partial charge < -0.3 is 5.32 Å². The van der Waals surface area contributed by atoms with Crippen molar-refractivity contribution in [1.29, 1.82) is 0 Å². The summed E-state index contributed by atoms with van der Waals surface area (Å²) >= 11 is 0. The smallest absolute Gasteiger partial charge is 0.0198 e. The van der Waals surface area contributed by atoms with E-state index < -0.39 is 0 Å². The van der Waals surface area contributed by atoms with Gasteiger partial charge in [0, 0.05) is 31.2 Å². The third-order valence-electron chi connectivity index (χ3n) is 4.50. The Balaban J connectivity index is 2.35. The highest BCUT2D eigenvalue weighted by Gasteiger charge is 2.28. The van der Waals surface area contributed by atoms with Crippen molar-refractivity contribution in [2.24, 2.45) is 5.92 Å². The molecular weight excluding hydrogens is 232 g/mol. The van der Waals surface area contributed by atoms with Crippen LogP contribution in [-0.4, -0.2) is 36.1 Å². The molecule has 1 fully saturated rings. The molecular formula is C17H36N2. The van der Waals surface area contributed by atoms with E-state index in [0.29, 0.717) is 12.1 Å². The third kappa shape index (κ3) is 6.27. The molecule has 2 nitrogen and oxygen atoms in total. The van der Waals surface area contributed by atoms with E-state index in [1.54, 1.807) is 0 Å². The van der Waals surface area contributed by atoms with Gasteiger partial charge in [-0.15, -0.1) is 0 Å². The fraction of sp³-hybridized carbons (Fsp3) is 1.00. The second-order valence-corrected chi connectivity index (χ2v) is 6.98. The summed E-state index contributed by atoms with van der Waals surface area (Å²) in [5, 5.41) is 3.72. The fourth-order valence-electron chi connectivity index (χ4n) is 3.33. The van der Waals surface area contributed by atoms with E-state index in [9.17, 15) is 0 Å². The Bertz CT molecular complexity index is 227. The molecule has 19 heavy (non-hydrogen) atoms. The standard InChI is InChI=1S/C17H36N2/c1-6-7-8-9-10-15(4)19-13-17(11-14(2)3)18-12-16(19)5/h14-18H,6-13H2,1-5H3. The van der Waals surface area contributed by atoms with Crippen LogP contribution in [0.25, 0.3) is 0 Å². The number of hydrogen-bond donors (Lipinski definition) is 1. The van der Waals surface area contributed by atoms with Gasteiger partial charge in [-0.05, 0) is 32.6 Å². The lowest BCUT2D eigenvalue weighted by Crippen LogP contribution is -2.58. The van der Waals surface area contributed by atoms with Crippen LogP contribution in [0.2, 0.25) is 0 Å². The minimum atomic E-state index is 0.699. The number of piperazine rings is 1. The lowest BCUT2D eigenvalue weighted by atomic mass is 9.97. The summed E-state index contributed by atoms with van der Waals surface area (Å²) in [6, 6.07) is 2.16. The number of nitrogens with one attached hydrogen (secondary N) is 1. The van der Waals surface area contributed by atoms with Crippen LogP contribution in [0.5, 0.6) is 0 Å². The SMILES string of the molecule is CCCCCCC(C)N1CC(CC(C)C)NCC1C. The summed E-state index contributed by atoms with van der Waals surface area (Å²) in [6.07, 6.45) is 8.25. The highest BCUT2D eigenvalue weighted by Crippen LogP contribution is 2.19. The van der Waals surface area contributed by atoms with Gasteiger partial charge in [-0.2, -0.15) is 0 Å². The van der Waals surface area contributed by atoms with Crippen LogP contribution in [0.3, 0.4) is 0 Å². The zero-order valence-electron chi connectivity index (χ0n) is 13.9. The molecule has 0 spiro atoms. The largest absolute Gasteiger partial charge is 0.311 e. The van der Waals surface area contributed by atoms with Crippen molar-refractivity contribution in [1.82, 2.24) is 10.2 Å². The summed E-state index contributed by atoms with van der Waals surface area (Å²) < 4.78 is 0. The molecule has 1 aliphatic rings. The Kier molecular flexibility index (Phi) is 8.01. The topological polar surface area (TPSA) is 15.3 Å². The Hall–Kier alpha value is -0.0800. The lowest BCUT2D eigenvalue weighted by Gasteiger charge is -2.43. The van der Waals surface area contributed by atoms with Gasteiger partial charge in [0.15, 0.2) is 0 Å². The average molecular weight is 268 g/mol. The van der Waals surface area contributed by atoms with Gasteiger partial charge in [0.1, 0.15) is 0 Å². The fourth-order valence-corrected chi connectivity index (χ4v) is 3.33. The molecule has 0 bridgehead atoms. The Morgan fingerprint density at radius 2 is 1.89 bits per heavy atom. The van der Waals surface area contributed by atoms with Crippen LogP contribution in [0.15, 0.2) is 0 Å². The summed E-state index contributed by atoms with van der Waals surface area (Å²) in [4.78, 5) is 2.75. The molecule has 0 aliphatic carbocycles. The quantitative estimate of drug-likeness (QED) is 0.668. The maximum Gasteiger partial charge on any atom is 0.0198 e.